The maximum Gasteiger partial charge on any atom is 0.00695 e. The smallest absolute Gasteiger partial charge is 0.00695 e. The second-order valence-electron chi connectivity index (χ2n) is 4.26. The first-order valence-corrected chi connectivity index (χ1v) is 5.59. The molecule has 4 N–H and O–H groups in total. The molecule has 0 aromatic carbocycles. The predicted molar refractivity (Wildman–Crippen MR) is 59.5 cm³/mol. The van der Waals surface area contributed by atoms with Crippen molar-refractivity contribution in [1.29, 1.82) is 0 Å². The zero-order valence-electron chi connectivity index (χ0n) is 9.42. The van der Waals surface area contributed by atoms with E-state index in [1.165, 1.54) is 12.8 Å². The molecule has 0 rings (SSSR count). The minimum Gasteiger partial charge on any atom is -0.330 e. The van der Waals surface area contributed by atoms with Gasteiger partial charge in [-0.1, -0.05) is 33.6 Å². The maximum atomic E-state index is 6.13. The van der Waals surface area contributed by atoms with Crippen LogP contribution in [-0.4, -0.2) is 12.6 Å². The van der Waals surface area contributed by atoms with Gasteiger partial charge in [0.1, 0.15) is 0 Å². The number of hydrogen-bond acceptors (Lipinski definition) is 2. The van der Waals surface area contributed by atoms with Gasteiger partial charge < -0.3 is 11.5 Å². The van der Waals surface area contributed by atoms with Crippen molar-refractivity contribution in [2.75, 3.05) is 6.54 Å². The van der Waals surface area contributed by atoms with Gasteiger partial charge in [-0.15, -0.1) is 0 Å². The highest BCUT2D eigenvalue weighted by molar-refractivity contribution is 4.74. The molecule has 0 fully saturated rings. The molecule has 0 saturated heterocycles. The largest absolute Gasteiger partial charge is 0.330 e. The fourth-order valence-electron chi connectivity index (χ4n) is 2.01. The third-order valence-electron chi connectivity index (χ3n) is 2.87. The van der Waals surface area contributed by atoms with E-state index in [0.717, 1.165) is 19.4 Å². The van der Waals surface area contributed by atoms with Crippen molar-refractivity contribution in [2.45, 2.75) is 52.5 Å². The molecule has 0 spiro atoms. The van der Waals surface area contributed by atoms with Crippen molar-refractivity contribution in [1.82, 2.24) is 0 Å². The average Bonchev–Trinajstić information content (AvgIpc) is 2.05. The van der Waals surface area contributed by atoms with E-state index in [1.807, 2.05) is 0 Å². The van der Waals surface area contributed by atoms with Crippen molar-refractivity contribution in [2.24, 2.45) is 23.3 Å². The standard InChI is InChI=1S/C11H26N2/c1-4-10(9(2)3)11(13)7-5-6-8-12/h9-11H,4-8,12-13H2,1-3H3/t10?,11-/m0/s1. The van der Waals surface area contributed by atoms with Gasteiger partial charge in [-0.05, 0) is 31.2 Å². The molecule has 1 unspecified atom stereocenters. The second-order valence-corrected chi connectivity index (χ2v) is 4.26. The first-order valence-electron chi connectivity index (χ1n) is 5.59. The van der Waals surface area contributed by atoms with E-state index in [2.05, 4.69) is 20.8 Å². The van der Waals surface area contributed by atoms with Crippen LogP contribution in [0.4, 0.5) is 0 Å². The molecule has 0 aliphatic carbocycles. The Labute approximate surface area is 83.1 Å². The van der Waals surface area contributed by atoms with E-state index in [9.17, 15) is 0 Å². The van der Waals surface area contributed by atoms with Crippen molar-refractivity contribution in [3.8, 4) is 0 Å². The summed E-state index contributed by atoms with van der Waals surface area (Å²) in [4.78, 5) is 0. The Kier molecular flexibility index (Phi) is 7.29. The van der Waals surface area contributed by atoms with Gasteiger partial charge in [-0.25, -0.2) is 0 Å². The van der Waals surface area contributed by atoms with E-state index in [-0.39, 0.29) is 0 Å². The lowest BCUT2D eigenvalue weighted by atomic mass is 9.84. The van der Waals surface area contributed by atoms with Crippen molar-refractivity contribution >= 4 is 0 Å². The summed E-state index contributed by atoms with van der Waals surface area (Å²) in [5, 5.41) is 0. The Morgan fingerprint density at radius 2 is 1.77 bits per heavy atom. The van der Waals surface area contributed by atoms with Gasteiger partial charge >= 0.3 is 0 Å². The molecule has 0 heterocycles. The minimum atomic E-state index is 0.372. The predicted octanol–water partition coefficient (Wildman–Crippen LogP) is 2.12. The molecule has 0 radical (unpaired) electrons. The van der Waals surface area contributed by atoms with Crippen LogP contribution < -0.4 is 11.5 Å². The zero-order chi connectivity index (χ0) is 10.3. The van der Waals surface area contributed by atoms with Crippen LogP contribution in [-0.2, 0) is 0 Å². The quantitative estimate of drug-likeness (QED) is 0.598. The van der Waals surface area contributed by atoms with Crippen molar-refractivity contribution in [3.05, 3.63) is 0 Å². The molecule has 0 saturated carbocycles. The molecule has 2 heteroatoms. The molecule has 0 aliphatic heterocycles. The van der Waals surface area contributed by atoms with Gasteiger partial charge in [-0.3, -0.25) is 0 Å². The molecular weight excluding hydrogens is 160 g/mol. The van der Waals surface area contributed by atoms with E-state index >= 15 is 0 Å². The van der Waals surface area contributed by atoms with E-state index in [0.29, 0.717) is 17.9 Å². The summed E-state index contributed by atoms with van der Waals surface area (Å²) >= 11 is 0. The molecule has 0 aromatic rings. The summed E-state index contributed by atoms with van der Waals surface area (Å²) < 4.78 is 0. The monoisotopic (exact) mass is 186 g/mol. The van der Waals surface area contributed by atoms with Crippen LogP contribution in [0, 0.1) is 11.8 Å². The molecule has 0 aromatic heterocycles. The van der Waals surface area contributed by atoms with Crippen LogP contribution in [0.1, 0.15) is 46.5 Å². The highest BCUT2D eigenvalue weighted by Gasteiger charge is 2.18. The fourth-order valence-corrected chi connectivity index (χ4v) is 2.01. The Balaban J connectivity index is 3.70. The second kappa shape index (κ2) is 7.34. The Bertz CT molecular complexity index is 113. The van der Waals surface area contributed by atoms with E-state index in [1.54, 1.807) is 0 Å². The lowest BCUT2D eigenvalue weighted by molar-refractivity contribution is 0.292. The van der Waals surface area contributed by atoms with Crippen LogP contribution in [0.2, 0.25) is 0 Å². The van der Waals surface area contributed by atoms with Crippen molar-refractivity contribution in [3.63, 3.8) is 0 Å². The lowest BCUT2D eigenvalue weighted by Crippen LogP contribution is -2.33. The number of unbranched alkanes of at least 4 members (excludes halogenated alkanes) is 1. The number of nitrogens with two attached hydrogens (primary N) is 2. The molecule has 80 valence electrons. The number of hydrogen-bond donors (Lipinski definition) is 2. The molecule has 0 amide bonds. The zero-order valence-corrected chi connectivity index (χ0v) is 9.42. The summed E-state index contributed by atoms with van der Waals surface area (Å²) in [6.45, 7) is 7.55. The van der Waals surface area contributed by atoms with Gasteiger partial charge in [0.15, 0.2) is 0 Å². The average molecular weight is 186 g/mol. The Morgan fingerprint density at radius 3 is 2.15 bits per heavy atom. The third kappa shape index (κ3) is 5.27. The highest BCUT2D eigenvalue weighted by Crippen LogP contribution is 2.20. The van der Waals surface area contributed by atoms with Gasteiger partial charge in [0, 0.05) is 6.04 Å². The van der Waals surface area contributed by atoms with Crippen LogP contribution >= 0.6 is 0 Å². The van der Waals surface area contributed by atoms with Gasteiger partial charge in [0.25, 0.3) is 0 Å². The number of rotatable bonds is 7. The van der Waals surface area contributed by atoms with E-state index in [4.69, 9.17) is 11.5 Å². The molecule has 13 heavy (non-hydrogen) atoms. The summed E-state index contributed by atoms with van der Waals surface area (Å²) in [7, 11) is 0. The van der Waals surface area contributed by atoms with Crippen LogP contribution in [0.5, 0.6) is 0 Å². The highest BCUT2D eigenvalue weighted by atomic mass is 14.6. The Morgan fingerprint density at radius 1 is 1.15 bits per heavy atom. The van der Waals surface area contributed by atoms with Crippen LogP contribution in [0.25, 0.3) is 0 Å². The first-order chi connectivity index (χ1) is 6.13. The maximum absolute atomic E-state index is 6.13. The molecule has 0 aliphatic rings. The van der Waals surface area contributed by atoms with Gasteiger partial charge in [0.2, 0.25) is 0 Å². The summed E-state index contributed by atoms with van der Waals surface area (Å²) in [6, 6.07) is 0.372. The summed E-state index contributed by atoms with van der Waals surface area (Å²) in [5.41, 5.74) is 11.6. The summed E-state index contributed by atoms with van der Waals surface area (Å²) in [6.07, 6.45) is 4.62. The fraction of sp³-hybridized carbons (Fsp3) is 1.00. The molecule has 2 nitrogen and oxygen atoms in total. The molecular formula is C11H26N2. The molecule has 0 bridgehead atoms. The minimum absolute atomic E-state index is 0.372. The van der Waals surface area contributed by atoms with Gasteiger partial charge in [-0.2, -0.15) is 0 Å². The van der Waals surface area contributed by atoms with Crippen LogP contribution in [0.3, 0.4) is 0 Å². The topological polar surface area (TPSA) is 52.0 Å². The van der Waals surface area contributed by atoms with E-state index < -0.39 is 0 Å². The van der Waals surface area contributed by atoms with Gasteiger partial charge in [0.05, 0.1) is 0 Å². The normalized spacial score (nSPS) is 16.2. The lowest BCUT2D eigenvalue weighted by Gasteiger charge is -2.26. The Hall–Kier alpha value is -0.0800. The van der Waals surface area contributed by atoms with Crippen molar-refractivity contribution < 1.29 is 0 Å². The van der Waals surface area contributed by atoms with Crippen LogP contribution in [0.15, 0.2) is 0 Å². The summed E-state index contributed by atoms with van der Waals surface area (Å²) in [5.74, 6) is 1.38. The molecule has 2 atom stereocenters. The first kappa shape index (κ1) is 12.9. The SMILES string of the molecule is CCC(C(C)C)[C@@H](N)CCCCN. The third-order valence-corrected chi connectivity index (χ3v) is 2.87.